The first-order valence-corrected chi connectivity index (χ1v) is 11.9. The lowest BCUT2D eigenvalue weighted by Gasteiger charge is -2.19. The topological polar surface area (TPSA) is 79.9 Å². The molecule has 178 valence electrons. The molecule has 2 aromatic carbocycles. The Morgan fingerprint density at radius 2 is 1.89 bits per heavy atom. The molecular formula is C29H30N4O2. The highest BCUT2D eigenvalue weighted by Gasteiger charge is 2.18. The van der Waals surface area contributed by atoms with Crippen molar-refractivity contribution in [3.05, 3.63) is 83.3 Å². The Morgan fingerprint density at radius 1 is 1.09 bits per heavy atom. The number of carbonyl (C=O) groups is 1. The molecule has 2 aromatic heterocycles. The van der Waals surface area contributed by atoms with Crippen LogP contribution in [-0.2, 0) is 10.2 Å². The fourth-order valence-electron chi connectivity index (χ4n) is 4.44. The van der Waals surface area contributed by atoms with Gasteiger partial charge in [-0.25, -0.2) is 9.97 Å². The van der Waals surface area contributed by atoms with Gasteiger partial charge in [-0.15, -0.1) is 0 Å². The lowest BCUT2D eigenvalue weighted by Crippen LogP contribution is -2.15. The first-order chi connectivity index (χ1) is 16.8. The number of fused-ring (bicyclic) bond motifs is 1. The summed E-state index contributed by atoms with van der Waals surface area (Å²) in [5.41, 5.74) is 8.48. The van der Waals surface area contributed by atoms with Crippen LogP contribution in [0.2, 0.25) is 0 Å². The van der Waals surface area contributed by atoms with E-state index in [0.717, 1.165) is 52.3 Å². The molecule has 1 amide bonds. The minimum Gasteiger partial charge on any atom is -0.377 e. The second-order valence-corrected chi connectivity index (χ2v) is 9.98. The second kappa shape index (κ2) is 9.12. The van der Waals surface area contributed by atoms with Gasteiger partial charge >= 0.3 is 0 Å². The Morgan fingerprint density at radius 3 is 2.60 bits per heavy atom. The van der Waals surface area contributed by atoms with Crippen molar-refractivity contribution < 1.29 is 9.53 Å². The first kappa shape index (κ1) is 23.0. The van der Waals surface area contributed by atoms with Crippen LogP contribution in [-0.4, -0.2) is 34.1 Å². The summed E-state index contributed by atoms with van der Waals surface area (Å²) < 4.78 is 5.45. The smallest absolute Gasteiger partial charge is 0.255 e. The van der Waals surface area contributed by atoms with Gasteiger partial charge in [0.05, 0.1) is 18.9 Å². The van der Waals surface area contributed by atoms with E-state index in [2.05, 4.69) is 53.2 Å². The molecule has 6 nitrogen and oxygen atoms in total. The molecular weight excluding hydrogens is 436 g/mol. The van der Waals surface area contributed by atoms with Crippen LogP contribution in [0.15, 0.2) is 60.9 Å². The van der Waals surface area contributed by atoms with E-state index in [1.807, 2.05) is 49.4 Å². The lowest BCUT2D eigenvalue weighted by molar-refractivity contribution is 0.102. The number of amides is 1. The SMILES string of the molecule is Cc1c(NC(=O)c2ccc(C(C)(C)C)cc2)cccc1-c1ncnc2[nH]c(C3=CCOCC3)cc12. The van der Waals surface area contributed by atoms with Crippen LogP contribution in [0.5, 0.6) is 0 Å². The Bertz CT molecular complexity index is 1430. The highest BCUT2D eigenvalue weighted by Crippen LogP contribution is 2.34. The van der Waals surface area contributed by atoms with Crippen LogP contribution in [0, 0.1) is 6.92 Å². The van der Waals surface area contributed by atoms with Crippen LogP contribution >= 0.6 is 0 Å². The molecule has 0 saturated heterocycles. The maximum atomic E-state index is 13.0. The summed E-state index contributed by atoms with van der Waals surface area (Å²) in [5.74, 6) is -0.131. The number of carbonyl (C=O) groups excluding carboxylic acids is 1. The summed E-state index contributed by atoms with van der Waals surface area (Å²) in [5, 5.41) is 4.04. The van der Waals surface area contributed by atoms with E-state index in [1.165, 1.54) is 11.1 Å². The van der Waals surface area contributed by atoms with Crippen LogP contribution in [0.1, 0.15) is 54.4 Å². The minimum atomic E-state index is -0.131. The van der Waals surface area contributed by atoms with E-state index in [4.69, 9.17) is 4.74 Å². The number of aromatic nitrogens is 3. The number of hydrogen-bond donors (Lipinski definition) is 2. The van der Waals surface area contributed by atoms with Gasteiger partial charge in [0, 0.05) is 27.9 Å². The van der Waals surface area contributed by atoms with Gasteiger partial charge in [-0.2, -0.15) is 0 Å². The fourth-order valence-corrected chi connectivity index (χ4v) is 4.44. The number of hydrogen-bond acceptors (Lipinski definition) is 4. The van der Waals surface area contributed by atoms with Crippen molar-refractivity contribution >= 4 is 28.2 Å². The summed E-state index contributed by atoms with van der Waals surface area (Å²) in [6.07, 6.45) is 4.56. The second-order valence-electron chi connectivity index (χ2n) is 9.98. The van der Waals surface area contributed by atoms with Crippen LogP contribution < -0.4 is 5.32 Å². The van der Waals surface area contributed by atoms with Gasteiger partial charge in [0.1, 0.15) is 12.0 Å². The molecule has 0 spiro atoms. The average Bonchev–Trinajstić information content (AvgIpc) is 3.30. The molecule has 6 heteroatoms. The van der Waals surface area contributed by atoms with E-state index in [1.54, 1.807) is 6.33 Å². The van der Waals surface area contributed by atoms with Crippen molar-refractivity contribution in [2.24, 2.45) is 0 Å². The molecule has 3 heterocycles. The van der Waals surface area contributed by atoms with Crippen molar-refractivity contribution in [1.29, 1.82) is 0 Å². The zero-order chi connectivity index (χ0) is 24.6. The molecule has 35 heavy (non-hydrogen) atoms. The number of rotatable bonds is 4. The third-order valence-electron chi connectivity index (χ3n) is 6.59. The maximum Gasteiger partial charge on any atom is 0.255 e. The van der Waals surface area contributed by atoms with Gasteiger partial charge in [-0.05, 0) is 59.7 Å². The van der Waals surface area contributed by atoms with Gasteiger partial charge in [0.2, 0.25) is 0 Å². The van der Waals surface area contributed by atoms with Crippen molar-refractivity contribution in [3.63, 3.8) is 0 Å². The molecule has 1 aliphatic rings. The van der Waals surface area contributed by atoms with Crippen LogP contribution in [0.3, 0.4) is 0 Å². The fraction of sp³-hybridized carbons (Fsp3) is 0.276. The first-order valence-electron chi connectivity index (χ1n) is 11.9. The molecule has 0 fully saturated rings. The number of H-pyrrole nitrogens is 1. The zero-order valence-corrected chi connectivity index (χ0v) is 20.6. The molecule has 0 saturated carbocycles. The van der Waals surface area contributed by atoms with Crippen molar-refractivity contribution in [2.45, 2.75) is 39.5 Å². The van der Waals surface area contributed by atoms with Gasteiger partial charge in [0.15, 0.2) is 0 Å². The molecule has 4 aromatic rings. The van der Waals surface area contributed by atoms with Crippen molar-refractivity contribution in [2.75, 3.05) is 18.5 Å². The molecule has 0 aliphatic carbocycles. The van der Waals surface area contributed by atoms with Crippen molar-refractivity contribution in [3.8, 4) is 11.3 Å². The Kier molecular flexibility index (Phi) is 5.99. The lowest BCUT2D eigenvalue weighted by atomic mass is 9.86. The third kappa shape index (κ3) is 4.62. The summed E-state index contributed by atoms with van der Waals surface area (Å²) in [4.78, 5) is 25.5. The predicted octanol–water partition coefficient (Wildman–Crippen LogP) is 6.29. The summed E-state index contributed by atoms with van der Waals surface area (Å²) in [6.45, 7) is 9.84. The molecule has 5 rings (SSSR count). The minimum absolute atomic E-state index is 0.0438. The molecule has 0 unspecified atom stereocenters. The number of aromatic amines is 1. The predicted molar refractivity (Wildman–Crippen MR) is 141 cm³/mol. The monoisotopic (exact) mass is 466 g/mol. The maximum absolute atomic E-state index is 13.0. The number of ether oxygens (including phenoxy) is 1. The molecule has 0 bridgehead atoms. The average molecular weight is 467 g/mol. The number of anilines is 1. The van der Waals surface area contributed by atoms with Gasteiger partial charge in [0.25, 0.3) is 5.91 Å². The van der Waals surface area contributed by atoms with E-state index >= 15 is 0 Å². The summed E-state index contributed by atoms with van der Waals surface area (Å²) in [7, 11) is 0. The van der Waals surface area contributed by atoms with Crippen molar-refractivity contribution in [1.82, 2.24) is 15.0 Å². The van der Waals surface area contributed by atoms with Gasteiger partial charge in [-0.1, -0.05) is 51.1 Å². The normalized spacial score (nSPS) is 14.1. The largest absolute Gasteiger partial charge is 0.377 e. The number of nitrogens with zero attached hydrogens (tertiary/aromatic N) is 2. The third-order valence-corrected chi connectivity index (χ3v) is 6.59. The summed E-state index contributed by atoms with van der Waals surface area (Å²) >= 11 is 0. The Hall–Kier alpha value is -3.77. The molecule has 1 aliphatic heterocycles. The van der Waals surface area contributed by atoms with E-state index in [0.29, 0.717) is 12.2 Å². The van der Waals surface area contributed by atoms with E-state index in [9.17, 15) is 4.79 Å². The number of benzene rings is 2. The molecule has 2 N–H and O–H groups in total. The Balaban J connectivity index is 1.46. The van der Waals surface area contributed by atoms with Crippen LogP contribution in [0.25, 0.3) is 27.9 Å². The number of nitrogens with one attached hydrogen (secondary N) is 2. The summed E-state index contributed by atoms with van der Waals surface area (Å²) in [6, 6.07) is 15.8. The highest BCUT2D eigenvalue weighted by molar-refractivity contribution is 6.05. The van der Waals surface area contributed by atoms with E-state index < -0.39 is 0 Å². The van der Waals surface area contributed by atoms with Gasteiger partial charge in [-0.3, -0.25) is 4.79 Å². The van der Waals surface area contributed by atoms with E-state index in [-0.39, 0.29) is 11.3 Å². The quantitative estimate of drug-likeness (QED) is 0.371. The van der Waals surface area contributed by atoms with Crippen LogP contribution in [0.4, 0.5) is 5.69 Å². The van der Waals surface area contributed by atoms with Gasteiger partial charge < -0.3 is 15.0 Å². The highest BCUT2D eigenvalue weighted by atomic mass is 16.5. The molecule has 0 radical (unpaired) electrons. The zero-order valence-electron chi connectivity index (χ0n) is 20.6. The molecule has 0 atom stereocenters. The standard InChI is InChI=1S/C29H30N4O2/c1-18-22(26-23-16-25(19-12-14-35-15-13-19)32-27(23)31-17-30-26)6-5-7-24(18)33-28(34)20-8-10-21(11-9-20)29(2,3)4/h5-12,16-17H,13-15H2,1-4H3,(H,33,34)(H,30,31,32). The Labute approximate surface area is 205 Å².